The SMILES string of the molecule is C#Cc1ccc2c(c1)C(N=C(NC#N)Nc1ccccc1)C(O)C(C)(C)O2. The first-order valence-corrected chi connectivity index (χ1v) is 8.47. The third-order valence-electron chi connectivity index (χ3n) is 4.36. The van der Waals surface area contributed by atoms with Crippen molar-refractivity contribution in [2.24, 2.45) is 4.99 Å². The number of anilines is 1. The fraction of sp³-hybridized carbons (Fsp3) is 0.238. The first-order valence-electron chi connectivity index (χ1n) is 8.47. The van der Waals surface area contributed by atoms with Gasteiger partial charge >= 0.3 is 0 Å². The summed E-state index contributed by atoms with van der Waals surface area (Å²) in [4.78, 5) is 4.59. The maximum absolute atomic E-state index is 10.9. The van der Waals surface area contributed by atoms with Crippen LogP contribution in [0, 0.1) is 23.8 Å². The summed E-state index contributed by atoms with van der Waals surface area (Å²) in [5.41, 5.74) is 1.24. The van der Waals surface area contributed by atoms with E-state index in [0.29, 0.717) is 16.9 Å². The molecule has 0 fully saturated rings. The second-order valence-electron chi connectivity index (χ2n) is 6.70. The molecule has 0 amide bonds. The van der Waals surface area contributed by atoms with E-state index in [9.17, 15) is 5.11 Å². The Balaban J connectivity index is 2.05. The molecule has 27 heavy (non-hydrogen) atoms. The highest BCUT2D eigenvalue weighted by Crippen LogP contribution is 2.42. The highest BCUT2D eigenvalue weighted by molar-refractivity contribution is 5.94. The van der Waals surface area contributed by atoms with E-state index in [2.05, 4.69) is 21.5 Å². The lowest BCUT2D eigenvalue weighted by atomic mass is 9.86. The van der Waals surface area contributed by atoms with Crippen molar-refractivity contribution in [3.63, 3.8) is 0 Å². The summed E-state index contributed by atoms with van der Waals surface area (Å²) in [7, 11) is 0. The van der Waals surface area contributed by atoms with Gasteiger partial charge in [-0.25, -0.2) is 4.99 Å². The number of benzene rings is 2. The second kappa shape index (κ2) is 7.41. The summed E-state index contributed by atoms with van der Waals surface area (Å²) in [6, 6.07) is 14.0. The maximum Gasteiger partial charge on any atom is 0.209 e. The van der Waals surface area contributed by atoms with Gasteiger partial charge in [-0.15, -0.1) is 6.42 Å². The minimum Gasteiger partial charge on any atom is -0.485 e. The number of aliphatic imine (C=N–C) groups is 1. The van der Waals surface area contributed by atoms with Crippen LogP contribution in [0.15, 0.2) is 53.5 Å². The molecule has 2 aromatic carbocycles. The van der Waals surface area contributed by atoms with Crippen LogP contribution in [0.3, 0.4) is 0 Å². The summed E-state index contributed by atoms with van der Waals surface area (Å²) in [5.74, 6) is 3.41. The number of fused-ring (bicyclic) bond motifs is 1. The molecule has 6 heteroatoms. The Morgan fingerprint density at radius 1 is 1.26 bits per heavy atom. The van der Waals surface area contributed by atoms with Crippen molar-refractivity contribution in [2.45, 2.75) is 31.6 Å². The lowest BCUT2D eigenvalue weighted by molar-refractivity contribution is -0.0567. The third kappa shape index (κ3) is 3.87. The fourth-order valence-electron chi connectivity index (χ4n) is 2.94. The molecule has 0 saturated carbocycles. The molecule has 6 nitrogen and oxygen atoms in total. The number of guanidine groups is 1. The van der Waals surface area contributed by atoms with Gasteiger partial charge in [-0.2, -0.15) is 5.26 Å². The number of hydrogen-bond acceptors (Lipinski definition) is 4. The Bertz CT molecular complexity index is 939. The topological polar surface area (TPSA) is 89.7 Å². The molecule has 3 rings (SSSR count). The van der Waals surface area contributed by atoms with Gasteiger partial charge in [0.1, 0.15) is 23.5 Å². The van der Waals surface area contributed by atoms with Crippen molar-refractivity contribution >= 4 is 11.6 Å². The van der Waals surface area contributed by atoms with Crippen molar-refractivity contribution in [1.29, 1.82) is 5.26 Å². The van der Waals surface area contributed by atoms with Gasteiger partial charge < -0.3 is 15.2 Å². The molecule has 136 valence electrons. The predicted molar refractivity (Wildman–Crippen MR) is 104 cm³/mol. The molecule has 0 radical (unpaired) electrons. The summed E-state index contributed by atoms with van der Waals surface area (Å²) < 4.78 is 5.93. The molecule has 2 aromatic rings. The zero-order chi connectivity index (χ0) is 19.4. The van der Waals surface area contributed by atoms with Gasteiger partial charge in [-0.05, 0) is 44.2 Å². The Hall–Kier alpha value is -3.48. The van der Waals surface area contributed by atoms with E-state index in [1.807, 2.05) is 36.5 Å². The molecule has 1 aliphatic heterocycles. The molecule has 1 aliphatic rings. The number of nitrogens with zero attached hydrogens (tertiary/aromatic N) is 2. The largest absolute Gasteiger partial charge is 0.485 e. The van der Waals surface area contributed by atoms with Crippen molar-refractivity contribution in [2.75, 3.05) is 5.32 Å². The Labute approximate surface area is 158 Å². The van der Waals surface area contributed by atoms with Crippen LogP contribution in [-0.4, -0.2) is 22.8 Å². The van der Waals surface area contributed by atoms with Crippen LogP contribution in [0.4, 0.5) is 5.69 Å². The van der Waals surface area contributed by atoms with E-state index in [0.717, 1.165) is 5.69 Å². The first-order chi connectivity index (χ1) is 12.9. The molecule has 0 bridgehead atoms. The summed E-state index contributed by atoms with van der Waals surface area (Å²) >= 11 is 0. The molecule has 0 aromatic heterocycles. The van der Waals surface area contributed by atoms with Crippen LogP contribution >= 0.6 is 0 Å². The zero-order valence-electron chi connectivity index (χ0n) is 15.1. The molecule has 2 unspecified atom stereocenters. The highest BCUT2D eigenvalue weighted by atomic mass is 16.5. The van der Waals surface area contributed by atoms with Crippen molar-refractivity contribution in [3.8, 4) is 24.3 Å². The van der Waals surface area contributed by atoms with E-state index in [1.165, 1.54) is 0 Å². The van der Waals surface area contributed by atoms with E-state index in [1.54, 1.807) is 32.0 Å². The number of rotatable bonds is 2. The maximum atomic E-state index is 10.9. The molecule has 3 N–H and O–H groups in total. The van der Waals surface area contributed by atoms with Crippen molar-refractivity contribution in [3.05, 3.63) is 59.7 Å². The second-order valence-corrected chi connectivity index (χ2v) is 6.70. The lowest BCUT2D eigenvalue weighted by Gasteiger charge is -2.40. The Morgan fingerprint density at radius 2 is 2.00 bits per heavy atom. The quantitative estimate of drug-likeness (QED) is 0.252. The molecular weight excluding hydrogens is 340 g/mol. The highest BCUT2D eigenvalue weighted by Gasteiger charge is 2.43. The van der Waals surface area contributed by atoms with Gasteiger partial charge in [0, 0.05) is 16.8 Å². The molecule has 0 spiro atoms. The van der Waals surface area contributed by atoms with Gasteiger partial charge in [0.05, 0.1) is 0 Å². The van der Waals surface area contributed by atoms with E-state index >= 15 is 0 Å². The average Bonchev–Trinajstić information content (AvgIpc) is 2.66. The molecule has 0 saturated heterocycles. The molecule has 1 heterocycles. The third-order valence-corrected chi connectivity index (χ3v) is 4.36. The number of aliphatic hydroxyl groups is 1. The summed E-state index contributed by atoms with van der Waals surface area (Å²) in [5, 5.41) is 25.6. The lowest BCUT2D eigenvalue weighted by Crippen LogP contribution is -2.49. The van der Waals surface area contributed by atoms with Gasteiger partial charge in [0.25, 0.3) is 0 Å². The van der Waals surface area contributed by atoms with Gasteiger partial charge in [0.2, 0.25) is 5.96 Å². The number of ether oxygens (including phenoxy) is 1. The number of terminal acetylenes is 1. The zero-order valence-corrected chi connectivity index (χ0v) is 15.1. The van der Waals surface area contributed by atoms with Crippen LogP contribution in [0.25, 0.3) is 0 Å². The molecule has 2 atom stereocenters. The smallest absolute Gasteiger partial charge is 0.209 e. The fourth-order valence-corrected chi connectivity index (χ4v) is 2.94. The molecule has 0 aliphatic carbocycles. The van der Waals surface area contributed by atoms with Crippen LogP contribution < -0.4 is 15.4 Å². The number of nitrogens with one attached hydrogen (secondary N) is 2. The number of para-hydroxylation sites is 1. The minimum atomic E-state index is -0.939. The number of hydrogen-bond donors (Lipinski definition) is 3. The Morgan fingerprint density at radius 3 is 2.67 bits per heavy atom. The van der Waals surface area contributed by atoms with E-state index in [4.69, 9.17) is 16.4 Å². The normalized spacial score (nSPS) is 20.4. The number of nitriles is 1. The van der Waals surface area contributed by atoms with Gasteiger partial charge in [-0.3, -0.25) is 5.32 Å². The van der Waals surface area contributed by atoms with Gasteiger partial charge in [-0.1, -0.05) is 24.1 Å². The van der Waals surface area contributed by atoms with Crippen molar-refractivity contribution < 1.29 is 9.84 Å². The monoisotopic (exact) mass is 360 g/mol. The van der Waals surface area contributed by atoms with Crippen LogP contribution in [0.1, 0.15) is 31.0 Å². The summed E-state index contributed by atoms with van der Waals surface area (Å²) in [6.07, 6.45) is 6.44. The minimum absolute atomic E-state index is 0.225. The van der Waals surface area contributed by atoms with E-state index < -0.39 is 17.7 Å². The number of aliphatic hydroxyl groups excluding tert-OH is 1. The van der Waals surface area contributed by atoms with Crippen LogP contribution in [0.2, 0.25) is 0 Å². The average molecular weight is 360 g/mol. The standard InChI is InChI=1S/C21H20N4O2/c1-4-14-10-11-17-16(12-14)18(19(26)21(2,3)27-17)25-20(23-13-22)24-15-8-6-5-7-9-15/h1,5-12,18-19,26H,2-3H3,(H2,23,24,25). The van der Waals surface area contributed by atoms with Crippen molar-refractivity contribution in [1.82, 2.24) is 5.32 Å². The van der Waals surface area contributed by atoms with E-state index in [-0.39, 0.29) is 5.96 Å². The Kier molecular flexibility index (Phi) is 5.03. The van der Waals surface area contributed by atoms with Crippen LogP contribution in [-0.2, 0) is 0 Å². The van der Waals surface area contributed by atoms with Gasteiger partial charge in [0.15, 0.2) is 6.19 Å². The summed E-state index contributed by atoms with van der Waals surface area (Å²) in [6.45, 7) is 3.58. The first kappa shape index (κ1) is 18.3. The molecular formula is C21H20N4O2. The predicted octanol–water partition coefficient (Wildman–Crippen LogP) is 2.78. The van der Waals surface area contributed by atoms with Crippen LogP contribution in [0.5, 0.6) is 5.75 Å².